The number of urea groups is 1. The second kappa shape index (κ2) is 8.60. The predicted octanol–water partition coefficient (Wildman–Crippen LogP) is 4.93. The van der Waals surface area contributed by atoms with Crippen LogP contribution in [0.3, 0.4) is 0 Å². The van der Waals surface area contributed by atoms with Gasteiger partial charge in [-0.2, -0.15) is 0 Å². The molecule has 10 heteroatoms. The maximum Gasteiger partial charge on any atom is 0.339 e. The van der Waals surface area contributed by atoms with Gasteiger partial charge in [-0.1, -0.05) is 23.7 Å². The van der Waals surface area contributed by atoms with Gasteiger partial charge in [0.15, 0.2) is 10.8 Å². The van der Waals surface area contributed by atoms with E-state index in [1.165, 1.54) is 17.4 Å². The summed E-state index contributed by atoms with van der Waals surface area (Å²) in [6.07, 6.45) is 3.80. The van der Waals surface area contributed by atoms with Gasteiger partial charge < -0.3 is 0 Å². The number of hydrogen-bond donors (Lipinski definition) is 3. The molecule has 0 radical (unpaired) electrons. The first kappa shape index (κ1) is 20.0. The van der Waals surface area contributed by atoms with Gasteiger partial charge in [-0.3, -0.25) is 16.2 Å². The lowest BCUT2D eigenvalue weighted by Gasteiger charge is -2.11. The molecule has 7 nitrogen and oxygen atoms in total. The van der Waals surface area contributed by atoms with Crippen molar-refractivity contribution in [1.29, 1.82) is 0 Å². The molecule has 0 bridgehead atoms. The van der Waals surface area contributed by atoms with Crippen molar-refractivity contribution in [3.05, 3.63) is 75.8 Å². The average molecular weight is 443 g/mol. The van der Waals surface area contributed by atoms with E-state index in [9.17, 15) is 9.18 Å². The number of halogens is 2. The number of aryl methyl sites for hydroxylation is 1. The number of benzene rings is 1. The standard InChI is InChI=1S/C20H16ClFN6OS/c1-11-4-5-12(8-15(11)22)7-13-10-24-20(30-13)26-19(29)28-27-16-9-17(21)25-18-14(16)3-2-6-23-18/h2-6,8-10H,7H2,1H3,(H,23,25,27)(H2,24,26,28,29). The number of nitrogens with zero attached hydrogens (tertiary/aromatic N) is 3. The molecule has 3 N–H and O–H groups in total. The lowest BCUT2D eigenvalue weighted by atomic mass is 10.1. The van der Waals surface area contributed by atoms with Crippen molar-refractivity contribution in [2.45, 2.75) is 13.3 Å². The predicted molar refractivity (Wildman–Crippen MR) is 116 cm³/mol. The molecule has 4 rings (SSSR count). The highest BCUT2D eigenvalue weighted by Crippen LogP contribution is 2.24. The van der Waals surface area contributed by atoms with Crippen LogP contribution in [0.25, 0.3) is 11.0 Å². The van der Waals surface area contributed by atoms with Gasteiger partial charge in [0.2, 0.25) is 0 Å². The van der Waals surface area contributed by atoms with Gasteiger partial charge in [-0.15, -0.1) is 11.3 Å². The number of hydrogen-bond acceptors (Lipinski definition) is 6. The molecule has 0 saturated heterocycles. The Morgan fingerprint density at radius 1 is 1.23 bits per heavy atom. The largest absolute Gasteiger partial charge is 0.339 e. The van der Waals surface area contributed by atoms with Crippen LogP contribution in [0.4, 0.5) is 20.0 Å². The minimum Gasteiger partial charge on any atom is -0.296 e. The van der Waals surface area contributed by atoms with Crippen LogP contribution in [-0.4, -0.2) is 21.0 Å². The molecule has 0 spiro atoms. The van der Waals surface area contributed by atoms with Crippen molar-refractivity contribution >= 4 is 50.8 Å². The topological polar surface area (TPSA) is 91.8 Å². The fraction of sp³-hybridized carbons (Fsp3) is 0.100. The number of carbonyl (C=O) groups is 1. The van der Waals surface area contributed by atoms with Crippen LogP contribution in [0.5, 0.6) is 0 Å². The van der Waals surface area contributed by atoms with Gasteiger partial charge in [-0.05, 0) is 36.2 Å². The van der Waals surface area contributed by atoms with Gasteiger partial charge in [0.05, 0.1) is 5.69 Å². The molecule has 0 aliphatic heterocycles. The third-order valence-corrected chi connectivity index (χ3v) is 5.36. The highest BCUT2D eigenvalue weighted by atomic mass is 35.5. The van der Waals surface area contributed by atoms with Crippen LogP contribution in [0.2, 0.25) is 5.15 Å². The second-order valence-electron chi connectivity index (χ2n) is 6.46. The zero-order valence-corrected chi connectivity index (χ0v) is 17.3. The van der Waals surface area contributed by atoms with Gasteiger partial charge in [0.25, 0.3) is 0 Å². The highest BCUT2D eigenvalue weighted by Gasteiger charge is 2.10. The number of aromatic nitrogens is 3. The lowest BCUT2D eigenvalue weighted by molar-refractivity contribution is 0.254. The molecule has 152 valence electrons. The molecular weight excluding hydrogens is 427 g/mol. The Kier molecular flexibility index (Phi) is 5.73. The van der Waals surface area contributed by atoms with E-state index in [1.807, 2.05) is 12.1 Å². The SMILES string of the molecule is Cc1ccc(Cc2cnc(NC(=O)NNc3cc(Cl)nc4ncccc34)s2)cc1F. The van der Waals surface area contributed by atoms with Crippen molar-refractivity contribution in [2.75, 3.05) is 10.7 Å². The Hall–Kier alpha value is -3.30. The molecular formula is C20H16ClFN6OS. The molecule has 3 aromatic heterocycles. The summed E-state index contributed by atoms with van der Waals surface area (Å²) < 4.78 is 13.7. The molecule has 0 atom stereocenters. The quantitative estimate of drug-likeness (QED) is 0.301. The zero-order chi connectivity index (χ0) is 21.1. The Balaban J connectivity index is 1.38. The van der Waals surface area contributed by atoms with Crippen LogP contribution in [-0.2, 0) is 6.42 Å². The zero-order valence-electron chi connectivity index (χ0n) is 15.7. The first-order valence-corrected chi connectivity index (χ1v) is 10.1. The van der Waals surface area contributed by atoms with Gasteiger partial charge in [0.1, 0.15) is 11.0 Å². The molecule has 0 saturated carbocycles. The summed E-state index contributed by atoms with van der Waals surface area (Å²) in [5.74, 6) is -0.236. The molecule has 1 aromatic carbocycles. The summed E-state index contributed by atoms with van der Waals surface area (Å²) in [6, 6.07) is 9.80. The fourth-order valence-electron chi connectivity index (χ4n) is 2.78. The Labute approximate surface area is 180 Å². The monoisotopic (exact) mass is 442 g/mol. The molecule has 2 amide bonds. The molecule has 3 heterocycles. The molecule has 0 unspecified atom stereocenters. The number of carbonyl (C=O) groups excluding carboxylic acids is 1. The van der Waals surface area contributed by atoms with E-state index < -0.39 is 6.03 Å². The van der Waals surface area contributed by atoms with E-state index in [2.05, 4.69) is 31.1 Å². The van der Waals surface area contributed by atoms with E-state index in [0.717, 1.165) is 10.4 Å². The number of hydrazine groups is 1. The minimum atomic E-state index is -0.498. The summed E-state index contributed by atoms with van der Waals surface area (Å²) >= 11 is 7.32. The van der Waals surface area contributed by atoms with Crippen molar-refractivity contribution in [3.8, 4) is 0 Å². The van der Waals surface area contributed by atoms with Crippen LogP contribution in [0.15, 0.2) is 48.8 Å². The minimum absolute atomic E-state index is 0.236. The molecule has 0 fully saturated rings. The van der Waals surface area contributed by atoms with Crippen molar-refractivity contribution in [2.24, 2.45) is 0 Å². The smallest absolute Gasteiger partial charge is 0.296 e. The lowest BCUT2D eigenvalue weighted by Crippen LogP contribution is -2.33. The number of fused-ring (bicyclic) bond motifs is 1. The van der Waals surface area contributed by atoms with Gasteiger partial charge in [-0.25, -0.2) is 24.1 Å². The average Bonchev–Trinajstić information content (AvgIpc) is 3.15. The number of amides is 2. The first-order valence-electron chi connectivity index (χ1n) is 8.92. The van der Waals surface area contributed by atoms with Crippen molar-refractivity contribution in [3.63, 3.8) is 0 Å². The summed E-state index contributed by atoms with van der Waals surface area (Å²) in [7, 11) is 0. The van der Waals surface area contributed by atoms with E-state index in [-0.39, 0.29) is 11.0 Å². The normalized spacial score (nSPS) is 10.8. The number of anilines is 2. The number of nitrogens with one attached hydrogen (secondary N) is 3. The van der Waals surface area contributed by atoms with E-state index in [1.54, 1.807) is 37.5 Å². The van der Waals surface area contributed by atoms with Crippen molar-refractivity contribution in [1.82, 2.24) is 20.4 Å². The Bertz CT molecular complexity index is 1230. The van der Waals surface area contributed by atoms with Gasteiger partial charge >= 0.3 is 6.03 Å². The molecule has 4 aromatic rings. The second-order valence-corrected chi connectivity index (χ2v) is 7.97. The van der Waals surface area contributed by atoms with Crippen LogP contribution >= 0.6 is 22.9 Å². The number of thiazole rings is 1. The van der Waals surface area contributed by atoms with E-state index in [0.29, 0.717) is 33.8 Å². The number of rotatable bonds is 5. The molecule has 0 aliphatic rings. The maximum absolute atomic E-state index is 13.7. The van der Waals surface area contributed by atoms with E-state index >= 15 is 0 Å². The first-order chi connectivity index (χ1) is 14.5. The number of pyridine rings is 2. The third-order valence-electron chi connectivity index (χ3n) is 4.25. The van der Waals surface area contributed by atoms with Crippen LogP contribution in [0.1, 0.15) is 16.0 Å². The maximum atomic E-state index is 13.7. The molecule has 0 aliphatic carbocycles. The fourth-order valence-corrected chi connectivity index (χ4v) is 3.81. The third kappa shape index (κ3) is 4.64. The summed E-state index contributed by atoms with van der Waals surface area (Å²) in [6.45, 7) is 1.72. The highest BCUT2D eigenvalue weighted by molar-refractivity contribution is 7.15. The van der Waals surface area contributed by atoms with Gasteiger partial charge in [0, 0.05) is 35.1 Å². The Morgan fingerprint density at radius 2 is 2.10 bits per heavy atom. The summed E-state index contributed by atoms with van der Waals surface area (Å²) in [5.41, 5.74) is 7.83. The Morgan fingerprint density at radius 3 is 2.93 bits per heavy atom. The van der Waals surface area contributed by atoms with E-state index in [4.69, 9.17) is 11.6 Å². The van der Waals surface area contributed by atoms with Crippen LogP contribution in [0, 0.1) is 12.7 Å². The summed E-state index contributed by atoms with van der Waals surface area (Å²) in [5, 5.41) is 4.05. The van der Waals surface area contributed by atoms with Crippen molar-refractivity contribution < 1.29 is 9.18 Å². The molecule has 30 heavy (non-hydrogen) atoms. The van der Waals surface area contributed by atoms with Crippen LogP contribution < -0.4 is 16.2 Å². The summed E-state index contributed by atoms with van der Waals surface area (Å²) in [4.78, 5) is 25.6.